The number of hydrogen-bond acceptors (Lipinski definition) is 2. The Labute approximate surface area is 112 Å². The lowest BCUT2D eigenvalue weighted by Gasteiger charge is -2.07. The fraction of sp³-hybridized carbons (Fsp3) is 0.364. The molecule has 0 aromatic carbocycles. The van der Waals surface area contributed by atoms with Gasteiger partial charge >= 0.3 is 5.51 Å². The largest absolute Gasteiger partial charge is 0.447 e. The topological polar surface area (TPSA) is 17.3 Å². The molecule has 0 aliphatic carbocycles. The third kappa shape index (κ3) is 3.32. The molecule has 0 amide bonds. The molecule has 0 saturated heterocycles. The van der Waals surface area contributed by atoms with Crippen molar-refractivity contribution < 1.29 is 13.2 Å². The third-order valence-electron chi connectivity index (χ3n) is 2.00. The van der Waals surface area contributed by atoms with Crippen LogP contribution in [-0.2, 0) is 0 Å². The van der Waals surface area contributed by atoms with Crippen molar-refractivity contribution in [1.82, 2.24) is 9.38 Å². The molecule has 0 N–H and O–H groups in total. The van der Waals surface area contributed by atoms with Crippen LogP contribution in [0.2, 0.25) is 5.15 Å². The summed E-state index contributed by atoms with van der Waals surface area (Å²) in [6.07, 6.45) is 2.83. The third-order valence-corrected chi connectivity index (χ3v) is 3.23. The maximum atomic E-state index is 12.3. The molecule has 18 heavy (non-hydrogen) atoms. The number of aromatic nitrogens is 2. The highest BCUT2D eigenvalue weighted by Gasteiger charge is 2.31. The second kappa shape index (κ2) is 5.84. The van der Waals surface area contributed by atoms with Crippen molar-refractivity contribution >= 4 is 28.9 Å². The molecule has 0 bridgehead atoms. The second-order valence-electron chi connectivity index (χ2n) is 3.15. The van der Waals surface area contributed by atoms with Gasteiger partial charge in [0.05, 0.1) is 10.5 Å². The predicted molar refractivity (Wildman–Crippen MR) is 68.2 cm³/mol. The Morgan fingerprint density at radius 3 is 2.50 bits per heavy atom. The molecule has 0 saturated carbocycles. The molecule has 0 unspecified atom stereocenters. The van der Waals surface area contributed by atoms with Crippen LogP contribution in [0.25, 0.3) is 5.52 Å². The van der Waals surface area contributed by atoms with Crippen molar-refractivity contribution in [2.24, 2.45) is 0 Å². The smallest absolute Gasteiger partial charge is 0.307 e. The number of thioether (sulfide) groups is 1. The standard InChI is InChI=1S/C9H6ClF3N2S.C2H6/c1-5-4-6-7(10)14-2-3-15(6)8(5)16-9(11,12)13;1-2/h2-4H,1H3;1-2H3. The fourth-order valence-electron chi connectivity index (χ4n) is 1.41. The number of fused-ring (bicyclic) bond motifs is 1. The Hall–Kier alpha value is -0.880. The summed E-state index contributed by atoms with van der Waals surface area (Å²) in [5.41, 5.74) is -3.31. The van der Waals surface area contributed by atoms with Crippen LogP contribution in [0.15, 0.2) is 23.5 Å². The lowest BCUT2D eigenvalue weighted by molar-refractivity contribution is -0.0330. The first-order chi connectivity index (χ1) is 8.38. The van der Waals surface area contributed by atoms with Crippen LogP contribution in [0.1, 0.15) is 19.4 Å². The van der Waals surface area contributed by atoms with E-state index in [1.54, 1.807) is 13.0 Å². The maximum absolute atomic E-state index is 12.3. The first-order valence-electron chi connectivity index (χ1n) is 5.26. The first-order valence-corrected chi connectivity index (χ1v) is 6.46. The van der Waals surface area contributed by atoms with Gasteiger partial charge in [-0.25, -0.2) is 4.98 Å². The number of aryl methyl sites for hydroxylation is 1. The van der Waals surface area contributed by atoms with Gasteiger partial charge in [-0.1, -0.05) is 25.4 Å². The van der Waals surface area contributed by atoms with Crippen molar-refractivity contribution in [3.05, 3.63) is 29.2 Å². The summed E-state index contributed by atoms with van der Waals surface area (Å²) in [6.45, 7) is 5.61. The summed E-state index contributed by atoms with van der Waals surface area (Å²) >= 11 is 5.64. The number of rotatable bonds is 1. The molecule has 100 valence electrons. The predicted octanol–water partition coefficient (Wildman–Crippen LogP) is 4.93. The Morgan fingerprint density at radius 2 is 1.94 bits per heavy atom. The molecular formula is C11H12ClF3N2S. The van der Waals surface area contributed by atoms with Crippen LogP contribution in [0, 0.1) is 6.92 Å². The molecule has 7 heteroatoms. The number of alkyl halides is 3. The summed E-state index contributed by atoms with van der Waals surface area (Å²) in [7, 11) is 0. The molecular weight excluding hydrogens is 285 g/mol. The van der Waals surface area contributed by atoms with Gasteiger partial charge in [-0.2, -0.15) is 13.2 Å². The molecule has 2 aromatic rings. The zero-order valence-electron chi connectivity index (χ0n) is 10.0. The Balaban J connectivity index is 0.000000771. The van der Waals surface area contributed by atoms with Gasteiger partial charge in [0.15, 0.2) is 5.15 Å². The van der Waals surface area contributed by atoms with Crippen LogP contribution in [0.4, 0.5) is 13.2 Å². The number of halogens is 4. The van der Waals surface area contributed by atoms with Crippen LogP contribution in [0.3, 0.4) is 0 Å². The highest BCUT2D eigenvalue weighted by atomic mass is 35.5. The van der Waals surface area contributed by atoms with Crippen LogP contribution < -0.4 is 0 Å². The summed E-state index contributed by atoms with van der Waals surface area (Å²) in [5, 5.41) is 0.312. The molecule has 2 aromatic heterocycles. The van der Waals surface area contributed by atoms with E-state index in [9.17, 15) is 13.2 Å². The zero-order chi connectivity index (χ0) is 13.9. The Morgan fingerprint density at radius 1 is 1.33 bits per heavy atom. The molecule has 2 rings (SSSR count). The van der Waals surface area contributed by atoms with Crippen molar-refractivity contribution in [3.8, 4) is 0 Å². The van der Waals surface area contributed by atoms with Gasteiger partial charge in [0.2, 0.25) is 0 Å². The van der Waals surface area contributed by atoms with Gasteiger partial charge < -0.3 is 4.40 Å². The molecule has 0 fully saturated rings. The molecule has 0 aliphatic heterocycles. The number of nitrogens with zero attached hydrogens (tertiary/aromatic N) is 2. The highest BCUT2D eigenvalue weighted by Crippen LogP contribution is 2.40. The molecule has 0 atom stereocenters. The van der Waals surface area contributed by atoms with Gasteiger partial charge in [-0.05, 0) is 18.6 Å². The van der Waals surface area contributed by atoms with E-state index < -0.39 is 5.51 Å². The van der Waals surface area contributed by atoms with E-state index in [0.29, 0.717) is 11.1 Å². The zero-order valence-corrected chi connectivity index (χ0v) is 11.6. The van der Waals surface area contributed by atoms with E-state index in [4.69, 9.17) is 11.6 Å². The van der Waals surface area contributed by atoms with E-state index in [2.05, 4.69) is 4.98 Å². The molecule has 0 spiro atoms. The SMILES string of the molecule is CC.Cc1cc2c(Cl)nccn2c1SC(F)(F)F. The van der Waals surface area contributed by atoms with E-state index in [-0.39, 0.29) is 21.9 Å². The molecule has 0 radical (unpaired) electrons. The summed E-state index contributed by atoms with van der Waals surface area (Å²) in [6, 6.07) is 1.59. The monoisotopic (exact) mass is 296 g/mol. The average Bonchev–Trinajstić information content (AvgIpc) is 2.59. The normalized spacial score (nSPS) is 11.3. The maximum Gasteiger partial charge on any atom is 0.447 e. The van der Waals surface area contributed by atoms with Crippen molar-refractivity contribution in [2.45, 2.75) is 31.3 Å². The lowest BCUT2D eigenvalue weighted by atomic mass is 10.4. The fourth-order valence-corrected chi connectivity index (χ4v) is 2.31. The van der Waals surface area contributed by atoms with Crippen LogP contribution in [-0.4, -0.2) is 14.9 Å². The minimum atomic E-state index is -4.31. The van der Waals surface area contributed by atoms with Gasteiger partial charge in [-0.15, -0.1) is 0 Å². The Bertz CT molecular complexity index is 537. The molecule has 0 aliphatic rings. The second-order valence-corrected chi connectivity index (χ2v) is 4.57. The molecule has 2 nitrogen and oxygen atoms in total. The van der Waals surface area contributed by atoms with Gasteiger partial charge in [-0.3, -0.25) is 0 Å². The average molecular weight is 297 g/mol. The summed E-state index contributed by atoms with van der Waals surface area (Å²) in [5.74, 6) is 0. The summed E-state index contributed by atoms with van der Waals surface area (Å²) in [4.78, 5) is 3.81. The van der Waals surface area contributed by atoms with Gasteiger partial charge in [0.1, 0.15) is 0 Å². The minimum absolute atomic E-state index is 0.117. The highest BCUT2D eigenvalue weighted by molar-refractivity contribution is 8.00. The van der Waals surface area contributed by atoms with Crippen LogP contribution >= 0.6 is 23.4 Å². The van der Waals surface area contributed by atoms with Crippen molar-refractivity contribution in [1.29, 1.82) is 0 Å². The molecule has 2 heterocycles. The van der Waals surface area contributed by atoms with Gasteiger partial charge in [0, 0.05) is 24.2 Å². The van der Waals surface area contributed by atoms with E-state index in [1.807, 2.05) is 13.8 Å². The lowest BCUT2D eigenvalue weighted by Crippen LogP contribution is -2.01. The van der Waals surface area contributed by atoms with Crippen LogP contribution in [0.5, 0.6) is 0 Å². The van der Waals surface area contributed by atoms with Gasteiger partial charge in [0.25, 0.3) is 0 Å². The minimum Gasteiger partial charge on any atom is -0.307 e. The van der Waals surface area contributed by atoms with E-state index in [1.165, 1.54) is 16.8 Å². The van der Waals surface area contributed by atoms with Crippen molar-refractivity contribution in [2.75, 3.05) is 0 Å². The van der Waals surface area contributed by atoms with E-state index >= 15 is 0 Å². The first kappa shape index (κ1) is 15.2. The quantitative estimate of drug-likeness (QED) is 0.694. The Kier molecular flexibility index (Phi) is 4.92. The number of hydrogen-bond donors (Lipinski definition) is 0. The van der Waals surface area contributed by atoms with E-state index in [0.717, 1.165) is 0 Å². The van der Waals surface area contributed by atoms with Crippen molar-refractivity contribution in [3.63, 3.8) is 0 Å². The summed E-state index contributed by atoms with van der Waals surface area (Å²) < 4.78 is 38.4.